The third-order valence-electron chi connectivity index (χ3n) is 3.23. The highest BCUT2D eigenvalue weighted by Crippen LogP contribution is 2.25. The van der Waals surface area contributed by atoms with Crippen LogP contribution in [-0.2, 0) is 11.3 Å². The summed E-state index contributed by atoms with van der Waals surface area (Å²) in [5.41, 5.74) is 1.12. The van der Waals surface area contributed by atoms with Crippen molar-refractivity contribution in [1.29, 1.82) is 0 Å². The van der Waals surface area contributed by atoms with Gasteiger partial charge in [-0.15, -0.1) is 0 Å². The molecule has 4 nitrogen and oxygen atoms in total. The van der Waals surface area contributed by atoms with Crippen molar-refractivity contribution in [3.05, 3.63) is 18.2 Å². The maximum atomic E-state index is 5.58. The lowest BCUT2D eigenvalue weighted by Gasteiger charge is -2.14. The lowest BCUT2D eigenvalue weighted by Crippen LogP contribution is -2.19. The first-order valence-electron chi connectivity index (χ1n) is 6.51. The van der Waals surface area contributed by atoms with Crippen molar-refractivity contribution in [2.24, 2.45) is 5.92 Å². The Labute approximate surface area is 103 Å². The van der Waals surface area contributed by atoms with E-state index in [1.807, 2.05) is 6.33 Å². The Bertz CT molecular complexity index is 348. The average Bonchev–Trinajstić information content (AvgIpc) is 2.86. The van der Waals surface area contributed by atoms with E-state index in [-0.39, 0.29) is 0 Å². The highest BCUT2D eigenvalue weighted by Gasteiger charge is 2.25. The van der Waals surface area contributed by atoms with Crippen LogP contribution in [0.5, 0.6) is 0 Å². The normalized spacial score (nSPS) is 24.7. The average molecular weight is 237 g/mol. The molecule has 2 atom stereocenters. The standard InChI is InChI=1S/C13H23N3O/c1-10(2)6-14-7-12-8-16(9-15-12)13-4-5-17-11(13)3/h8-11,13-14H,4-7H2,1-3H3. The zero-order valence-electron chi connectivity index (χ0n) is 11.0. The predicted octanol–water partition coefficient (Wildman–Crippen LogP) is 1.98. The second-order valence-corrected chi connectivity index (χ2v) is 5.27. The minimum Gasteiger partial charge on any atom is -0.376 e. The van der Waals surface area contributed by atoms with E-state index < -0.39 is 0 Å². The van der Waals surface area contributed by atoms with E-state index in [4.69, 9.17) is 4.74 Å². The van der Waals surface area contributed by atoms with E-state index in [0.717, 1.165) is 31.8 Å². The Hall–Kier alpha value is -0.870. The molecule has 0 aromatic carbocycles. The van der Waals surface area contributed by atoms with E-state index in [1.54, 1.807) is 0 Å². The highest BCUT2D eigenvalue weighted by atomic mass is 16.5. The van der Waals surface area contributed by atoms with Crippen LogP contribution in [0.25, 0.3) is 0 Å². The summed E-state index contributed by atoms with van der Waals surface area (Å²) < 4.78 is 7.78. The van der Waals surface area contributed by atoms with Gasteiger partial charge in [0.2, 0.25) is 0 Å². The molecule has 0 saturated carbocycles. The molecule has 1 saturated heterocycles. The molecular formula is C13H23N3O. The molecule has 2 rings (SSSR count). The van der Waals surface area contributed by atoms with Gasteiger partial charge in [0.15, 0.2) is 0 Å². The fraction of sp³-hybridized carbons (Fsp3) is 0.769. The third-order valence-corrected chi connectivity index (χ3v) is 3.23. The lowest BCUT2D eigenvalue weighted by atomic mass is 10.1. The lowest BCUT2D eigenvalue weighted by molar-refractivity contribution is 0.107. The summed E-state index contributed by atoms with van der Waals surface area (Å²) in [6.45, 7) is 9.31. The monoisotopic (exact) mass is 237 g/mol. The van der Waals surface area contributed by atoms with Crippen LogP contribution in [0.3, 0.4) is 0 Å². The zero-order valence-corrected chi connectivity index (χ0v) is 11.0. The Morgan fingerprint density at radius 1 is 1.59 bits per heavy atom. The molecule has 1 aliphatic rings. The summed E-state index contributed by atoms with van der Waals surface area (Å²) >= 11 is 0. The molecule has 4 heteroatoms. The summed E-state index contributed by atoms with van der Waals surface area (Å²) in [4.78, 5) is 4.44. The Kier molecular flexibility index (Phi) is 4.18. The largest absolute Gasteiger partial charge is 0.376 e. The fourth-order valence-electron chi connectivity index (χ4n) is 2.25. The van der Waals surface area contributed by atoms with Crippen LogP contribution in [-0.4, -0.2) is 28.8 Å². The first-order valence-corrected chi connectivity index (χ1v) is 6.51. The van der Waals surface area contributed by atoms with Crippen LogP contribution < -0.4 is 5.32 Å². The minimum absolute atomic E-state index is 0.306. The van der Waals surface area contributed by atoms with Crippen LogP contribution >= 0.6 is 0 Å². The molecule has 1 aromatic rings. The SMILES string of the molecule is CC(C)CNCc1cn(C2CCOC2C)cn1. The molecule has 1 aliphatic heterocycles. The first kappa shape index (κ1) is 12.6. The smallest absolute Gasteiger partial charge is 0.0953 e. The number of nitrogens with zero attached hydrogens (tertiary/aromatic N) is 2. The van der Waals surface area contributed by atoms with Gasteiger partial charge in [-0.2, -0.15) is 0 Å². The van der Waals surface area contributed by atoms with Crippen molar-refractivity contribution in [2.75, 3.05) is 13.2 Å². The van der Waals surface area contributed by atoms with Crippen molar-refractivity contribution >= 4 is 0 Å². The van der Waals surface area contributed by atoms with Gasteiger partial charge in [0.05, 0.1) is 24.2 Å². The van der Waals surface area contributed by atoms with Crippen LogP contribution in [0.15, 0.2) is 12.5 Å². The van der Waals surface area contributed by atoms with E-state index >= 15 is 0 Å². The molecule has 2 heterocycles. The van der Waals surface area contributed by atoms with Crippen molar-refractivity contribution in [3.63, 3.8) is 0 Å². The molecule has 0 aliphatic carbocycles. The summed E-state index contributed by atoms with van der Waals surface area (Å²) in [7, 11) is 0. The molecule has 0 spiro atoms. The molecular weight excluding hydrogens is 214 g/mol. The molecule has 17 heavy (non-hydrogen) atoms. The summed E-state index contributed by atoms with van der Waals surface area (Å²) in [5, 5.41) is 3.41. The molecule has 2 unspecified atom stereocenters. The number of nitrogens with one attached hydrogen (secondary N) is 1. The number of imidazole rings is 1. The third kappa shape index (κ3) is 3.30. The van der Waals surface area contributed by atoms with E-state index in [1.165, 1.54) is 0 Å². The van der Waals surface area contributed by atoms with Gasteiger partial charge in [-0.1, -0.05) is 13.8 Å². The van der Waals surface area contributed by atoms with Gasteiger partial charge in [-0.25, -0.2) is 4.98 Å². The van der Waals surface area contributed by atoms with Crippen molar-refractivity contribution in [1.82, 2.24) is 14.9 Å². The summed E-state index contributed by atoms with van der Waals surface area (Å²) in [5.74, 6) is 0.681. The number of hydrogen-bond donors (Lipinski definition) is 1. The molecule has 1 aromatic heterocycles. The Morgan fingerprint density at radius 2 is 2.41 bits per heavy atom. The number of ether oxygens (including phenoxy) is 1. The molecule has 96 valence electrons. The molecule has 0 amide bonds. The van der Waals surface area contributed by atoms with Gasteiger partial charge in [0, 0.05) is 19.3 Å². The molecule has 1 fully saturated rings. The highest BCUT2D eigenvalue weighted by molar-refractivity contribution is 4.99. The van der Waals surface area contributed by atoms with Crippen LogP contribution in [0.4, 0.5) is 0 Å². The molecule has 0 radical (unpaired) electrons. The zero-order chi connectivity index (χ0) is 12.3. The maximum Gasteiger partial charge on any atom is 0.0953 e. The second kappa shape index (κ2) is 5.65. The molecule has 1 N–H and O–H groups in total. The van der Waals surface area contributed by atoms with Crippen LogP contribution in [0, 0.1) is 5.92 Å². The Balaban J connectivity index is 1.87. The van der Waals surface area contributed by atoms with Crippen LogP contribution in [0.1, 0.15) is 38.9 Å². The Morgan fingerprint density at radius 3 is 3.06 bits per heavy atom. The van der Waals surface area contributed by atoms with Gasteiger partial charge >= 0.3 is 0 Å². The molecule has 0 bridgehead atoms. The minimum atomic E-state index is 0.306. The van der Waals surface area contributed by atoms with E-state index in [2.05, 4.69) is 41.8 Å². The van der Waals surface area contributed by atoms with E-state index in [9.17, 15) is 0 Å². The number of hydrogen-bond acceptors (Lipinski definition) is 3. The summed E-state index contributed by atoms with van der Waals surface area (Å²) in [6.07, 6.45) is 5.47. The summed E-state index contributed by atoms with van der Waals surface area (Å²) in [6, 6.07) is 0.460. The van der Waals surface area contributed by atoms with Gasteiger partial charge in [-0.05, 0) is 25.8 Å². The quantitative estimate of drug-likeness (QED) is 0.851. The number of aromatic nitrogens is 2. The van der Waals surface area contributed by atoms with Crippen molar-refractivity contribution < 1.29 is 4.74 Å². The van der Waals surface area contributed by atoms with Gasteiger partial charge in [0.1, 0.15) is 0 Å². The fourth-order valence-corrected chi connectivity index (χ4v) is 2.25. The second-order valence-electron chi connectivity index (χ2n) is 5.27. The van der Waals surface area contributed by atoms with Gasteiger partial charge in [-0.3, -0.25) is 0 Å². The maximum absolute atomic E-state index is 5.58. The van der Waals surface area contributed by atoms with Gasteiger partial charge < -0.3 is 14.6 Å². The van der Waals surface area contributed by atoms with Gasteiger partial charge in [0.25, 0.3) is 0 Å². The first-order chi connectivity index (χ1) is 8.16. The van der Waals surface area contributed by atoms with E-state index in [0.29, 0.717) is 18.1 Å². The van der Waals surface area contributed by atoms with Crippen LogP contribution in [0.2, 0.25) is 0 Å². The van der Waals surface area contributed by atoms with Crippen molar-refractivity contribution in [3.8, 4) is 0 Å². The van der Waals surface area contributed by atoms with Crippen molar-refractivity contribution in [2.45, 2.75) is 45.9 Å². The number of rotatable bonds is 5. The topological polar surface area (TPSA) is 39.1 Å². The predicted molar refractivity (Wildman–Crippen MR) is 67.8 cm³/mol.